The van der Waals surface area contributed by atoms with Gasteiger partial charge in [-0.3, -0.25) is 4.79 Å². The van der Waals surface area contributed by atoms with Crippen molar-refractivity contribution in [3.05, 3.63) is 47.5 Å². The van der Waals surface area contributed by atoms with Gasteiger partial charge in [-0.15, -0.1) is 0 Å². The Kier molecular flexibility index (Phi) is 18.2. The highest BCUT2D eigenvalue weighted by atomic mass is 16.8. The van der Waals surface area contributed by atoms with Crippen LogP contribution in [0.5, 0.6) is 0 Å². The average Bonchev–Trinajstić information content (AvgIpc) is 2.59. The summed E-state index contributed by atoms with van der Waals surface area (Å²) in [6, 6.07) is 8.55. The average molecular weight is 1120 g/mol. The number of methoxy groups -OCH3 is 4. The van der Waals surface area contributed by atoms with Crippen molar-refractivity contribution in [2.24, 2.45) is 16.7 Å². The van der Waals surface area contributed by atoms with Gasteiger partial charge in [-0.25, -0.2) is 4.79 Å². The zero-order valence-electron chi connectivity index (χ0n) is 47.9. The number of ether oxygens (including phenoxy) is 14. The maximum absolute atomic E-state index is 13.9. The van der Waals surface area contributed by atoms with Gasteiger partial charge in [0.25, 0.3) is 0 Å². The van der Waals surface area contributed by atoms with Gasteiger partial charge in [0.15, 0.2) is 25.2 Å². The van der Waals surface area contributed by atoms with Gasteiger partial charge in [-0.1, -0.05) is 43.7 Å². The summed E-state index contributed by atoms with van der Waals surface area (Å²) in [5.74, 6) is -1.81. The third-order valence-electron chi connectivity index (χ3n) is 20.0. The molecule has 4 aliphatic heterocycles. The van der Waals surface area contributed by atoms with Crippen molar-refractivity contribution in [1.82, 2.24) is 0 Å². The van der Waals surface area contributed by atoms with E-state index in [1.807, 2.05) is 26.8 Å². The third-order valence-corrected chi connectivity index (χ3v) is 20.0. The molecule has 0 amide bonds. The number of aliphatic hydroxyl groups is 5. The van der Waals surface area contributed by atoms with Gasteiger partial charge >= 0.3 is 11.9 Å². The molecule has 7 fully saturated rings. The molecule has 1 aromatic carbocycles. The predicted octanol–water partition coefficient (Wildman–Crippen LogP) is 4.17. The first-order valence-corrected chi connectivity index (χ1v) is 28.4. The fourth-order valence-electron chi connectivity index (χ4n) is 15.4. The molecule has 21 heteroatoms. The van der Waals surface area contributed by atoms with E-state index in [2.05, 4.69) is 6.92 Å². The Hall–Kier alpha value is -2.78. The van der Waals surface area contributed by atoms with Crippen LogP contribution in [0, 0.1) is 16.7 Å². The quantitative estimate of drug-likeness (QED) is 0.115. The topological polar surface area (TPSA) is 265 Å². The Bertz CT molecular complexity index is 2290. The lowest BCUT2D eigenvalue weighted by Crippen LogP contribution is -2.78. The first kappa shape index (κ1) is 60.8. The van der Waals surface area contributed by atoms with Crippen molar-refractivity contribution in [2.45, 2.75) is 259 Å². The first-order valence-electron chi connectivity index (χ1n) is 28.4. The van der Waals surface area contributed by atoms with E-state index in [4.69, 9.17) is 66.3 Å². The summed E-state index contributed by atoms with van der Waals surface area (Å²) in [6.45, 7) is 13.9. The minimum Gasteiger partial charge on any atom is -0.460 e. The number of hydrogen-bond acceptors (Lipinski definition) is 21. The molecule has 21 nitrogen and oxygen atoms in total. The van der Waals surface area contributed by atoms with Crippen molar-refractivity contribution < 1.29 is 101 Å². The number of esters is 2. The lowest BCUT2D eigenvalue weighted by molar-refractivity contribution is -0.356. The van der Waals surface area contributed by atoms with Crippen LogP contribution in [0.3, 0.4) is 0 Å². The van der Waals surface area contributed by atoms with Crippen molar-refractivity contribution in [3.63, 3.8) is 0 Å². The number of carbonyl (C=O) groups is 2. The Morgan fingerprint density at radius 2 is 1.20 bits per heavy atom. The molecule has 9 rings (SSSR count). The fraction of sp³-hybridized carbons (Fsp3) is 0.828. The zero-order valence-corrected chi connectivity index (χ0v) is 47.9. The van der Waals surface area contributed by atoms with E-state index < -0.39 is 162 Å². The SMILES string of the molecule is CO[C@@H]1[C@@H](O)[C@H](O[C@H]2[C@@H](OC)C[C@H](O[C@H]3[C@@H](OC)C[C@H](O[C@H]4[C@@H](OC)C[C@H](O[C@H]5CC[C@@]6(C)C(=CC[C@]7(O)[C@@H]6C[C@@H](OC(=O)c6ccccc6)[C@@]6(C)[C@]7(O)CC[C@@]6(O)[C@H](C)OC(C)=O)C5)O[C@@H]4C)O[C@@H]3C)O[C@@H]2C)O[C@H](C)[C@H]1O. The van der Waals surface area contributed by atoms with Crippen LogP contribution in [0.1, 0.15) is 130 Å². The fourth-order valence-corrected chi connectivity index (χ4v) is 15.4. The lowest BCUT2D eigenvalue weighted by atomic mass is 9.42. The van der Waals surface area contributed by atoms with Crippen LogP contribution in [0.2, 0.25) is 0 Å². The van der Waals surface area contributed by atoms with Crippen LogP contribution in [0.15, 0.2) is 42.0 Å². The number of rotatable bonds is 16. The van der Waals surface area contributed by atoms with Crippen LogP contribution in [-0.2, 0) is 71.1 Å². The zero-order chi connectivity index (χ0) is 57.1. The highest BCUT2D eigenvalue weighted by molar-refractivity contribution is 5.89. The Morgan fingerprint density at radius 3 is 1.73 bits per heavy atom. The molecule has 3 saturated carbocycles. The summed E-state index contributed by atoms with van der Waals surface area (Å²) >= 11 is 0. The molecular weight excluding hydrogens is 1030 g/mol. The molecule has 4 aliphatic carbocycles. The number of aliphatic hydroxyl groups excluding tert-OH is 2. The number of fused-ring (bicyclic) bond motifs is 5. The van der Waals surface area contributed by atoms with Gasteiger partial charge in [-0.2, -0.15) is 0 Å². The number of carbonyl (C=O) groups excluding carboxylic acids is 2. The molecule has 0 aromatic heterocycles. The lowest BCUT2D eigenvalue weighted by Gasteiger charge is -2.67. The van der Waals surface area contributed by atoms with Crippen molar-refractivity contribution in [2.75, 3.05) is 28.4 Å². The molecule has 79 heavy (non-hydrogen) atoms. The van der Waals surface area contributed by atoms with E-state index in [0.29, 0.717) is 44.1 Å². The summed E-state index contributed by atoms with van der Waals surface area (Å²) in [6.07, 6.45) is -9.00. The van der Waals surface area contributed by atoms with E-state index in [9.17, 15) is 35.1 Å². The van der Waals surface area contributed by atoms with Gasteiger partial charge < -0.3 is 91.8 Å². The molecular formula is C58H88O21. The van der Waals surface area contributed by atoms with Gasteiger partial charge in [0.2, 0.25) is 0 Å². The monoisotopic (exact) mass is 1120 g/mol. The summed E-state index contributed by atoms with van der Waals surface area (Å²) in [4.78, 5) is 26.2. The second-order valence-electron chi connectivity index (χ2n) is 24.1. The minimum absolute atomic E-state index is 0.00314. The summed E-state index contributed by atoms with van der Waals surface area (Å²) < 4.78 is 86.9. The Labute approximate surface area is 464 Å². The standard InChI is InChI=1S/C58H88O21/c1-29-46(60)51(69-12)47(61)53(73-29)79-50-32(4)72-45(27-40(50)68-11)78-49-31(3)71-44(26-39(49)67-10)77-48-30(2)70-43(25-38(48)66-9)75-37-19-20-54(7)36(24-37)18-21-57(64)41(54)28-42(76-52(62)35-16-14-13-15-17-35)55(8)56(63,22-23-58(55,57)65)33(5)74-34(6)59/h13-18,29-33,37-51,53,60-61,63-65H,19-28H2,1-12H3/t29-,30-,31-,32-,33+,37+,38+,39+,40+,41-,42-,43+,44+,45+,46-,47-,48-,49-,50-,51+,53+,54+,55-,56-,57+,58-/m1/s1. The van der Waals surface area contributed by atoms with E-state index in [1.165, 1.54) is 14.0 Å². The van der Waals surface area contributed by atoms with E-state index in [0.717, 1.165) is 5.57 Å². The molecule has 5 N–H and O–H groups in total. The van der Waals surface area contributed by atoms with Gasteiger partial charge in [0.05, 0.1) is 59.8 Å². The van der Waals surface area contributed by atoms with Crippen LogP contribution in [0.25, 0.3) is 0 Å². The molecule has 8 aliphatic rings. The van der Waals surface area contributed by atoms with E-state index >= 15 is 0 Å². The molecule has 4 heterocycles. The van der Waals surface area contributed by atoms with Crippen LogP contribution in [-0.4, -0.2) is 206 Å². The first-order chi connectivity index (χ1) is 37.4. The molecule has 4 saturated heterocycles. The summed E-state index contributed by atoms with van der Waals surface area (Å²) in [7, 11) is 6.24. The van der Waals surface area contributed by atoms with Crippen molar-refractivity contribution in [3.8, 4) is 0 Å². The second-order valence-corrected chi connectivity index (χ2v) is 24.1. The van der Waals surface area contributed by atoms with Crippen molar-refractivity contribution in [1.29, 1.82) is 0 Å². The molecule has 0 radical (unpaired) electrons. The Balaban J connectivity index is 0.821. The normalized spacial score (nSPS) is 48.4. The van der Waals surface area contributed by atoms with Gasteiger partial charge in [0, 0.05) is 60.5 Å². The predicted molar refractivity (Wildman–Crippen MR) is 278 cm³/mol. The smallest absolute Gasteiger partial charge is 0.338 e. The summed E-state index contributed by atoms with van der Waals surface area (Å²) in [5, 5.41) is 60.4. The van der Waals surface area contributed by atoms with Crippen LogP contribution >= 0.6 is 0 Å². The van der Waals surface area contributed by atoms with Crippen molar-refractivity contribution >= 4 is 11.9 Å². The maximum Gasteiger partial charge on any atom is 0.338 e. The molecule has 446 valence electrons. The van der Waals surface area contributed by atoms with E-state index in [1.54, 1.807) is 72.4 Å². The van der Waals surface area contributed by atoms with Gasteiger partial charge in [0.1, 0.15) is 65.6 Å². The summed E-state index contributed by atoms with van der Waals surface area (Å²) in [5.41, 5.74) is -6.47. The number of hydrogen-bond donors (Lipinski definition) is 5. The molecule has 0 bridgehead atoms. The van der Waals surface area contributed by atoms with Crippen LogP contribution in [0.4, 0.5) is 0 Å². The maximum atomic E-state index is 13.9. The highest BCUT2D eigenvalue weighted by Gasteiger charge is 2.81. The number of benzene rings is 1. The minimum atomic E-state index is -1.95. The third kappa shape index (κ3) is 10.8. The molecule has 26 atom stereocenters. The molecule has 0 unspecified atom stereocenters. The molecule has 1 aromatic rings. The van der Waals surface area contributed by atoms with E-state index in [-0.39, 0.29) is 31.8 Å². The molecule has 0 spiro atoms. The highest BCUT2D eigenvalue weighted by Crippen LogP contribution is 2.71. The Morgan fingerprint density at radius 1 is 0.658 bits per heavy atom. The van der Waals surface area contributed by atoms with Crippen LogP contribution < -0.4 is 0 Å². The largest absolute Gasteiger partial charge is 0.460 e. The second kappa shape index (κ2) is 23.7. The van der Waals surface area contributed by atoms with Gasteiger partial charge in [-0.05, 0) is 97.1 Å².